The van der Waals surface area contributed by atoms with E-state index in [1.54, 1.807) is 48.3 Å². The van der Waals surface area contributed by atoms with Crippen LogP contribution in [0.2, 0.25) is 5.02 Å². The smallest absolute Gasteiger partial charge is 0.244 e. The molecule has 0 amide bonds. The molecule has 1 fully saturated rings. The second kappa shape index (κ2) is 7.19. The van der Waals surface area contributed by atoms with Gasteiger partial charge in [0.15, 0.2) is 0 Å². The summed E-state index contributed by atoms with van der Waals surface area (Å²) in [5.41, 5.74) is 2.31. The number of benzene rings is 2. The number of sulfonamides is 1. The monoisotopic (exact) mass is 397 g/mol. The van der Waals surface area contributed by atoms with E-state index in [0.29, 0.717) is 27.8 Å². The second-order valence-electron chi connectivity index (χ2n) is 5.95. The Morgan fingerprint density at radius 2 is 1.92 bits per heavy atom. The minimum absolute atomic E-state index is 0.305. The van der Waals surface area contributed by atoms with Crippen LogP contribution in [0.15, 0.2) is 41.3 Å². The van der Waals surface area contributed by atoms with E-state index in [0.717, 1.165) is 16.9 Å². The van der Waals surface area contributed by atoms with Gasteiger partial charge < -0.3 is 4.74 Å². The Labute approximate surface area is 158 Å². The van der Waals surface area contributed by atoms with E-state index in [1.165, 1.54) is 0 Å². The van der Waals surface area contributed by atoms with Gasteiger partial charge in [-0.1, -0.05) is 29.8 Å². The van der Waals surface area contributed by atoms with Gasteiger partial charge in [-0.15, -0.1) is 11.8 Å². The van der Waals surface area contributed by atoms with Crippen molar-refractivity contribution in [1.82, 2.24) is 4.31 Å². The average Bonchev–Trinajstić information content (AvgIpc) is 3.07. The van der Waals surface area contributed by atoms with E-state index in [-0.39, 0.29) is 5.37 Å². The molecule has 4 nitrogen and oxygen atoms in total. The Morgan fingerprint density at radius 3 is 2.60 bits per heavy atom. The van der Waals surface area contributed by atoms with Crippen LogP contribution in [0, 0.1) is 13.8 Å². The highest BCUT2D eigenvalue weighted by molar-refractivity contribution is 8.01. The summed E-state index contributed by atoms with van der Waals surface area (Å²) in [6.07, 6.45) is 0. The van der Waals surface area contributed by atoms with Gasteiger partial charge in [-0.25, -0.2) is 8.42 Å². The number of nitrogens with zero attached hydrogens (tertiary/aromatic N) is 1. The predicted molar refractivity (Wildman–Crippen MR) is 103 cm³/mol. The first kappa shape index (κ1) is 18.6. The number of hydrogen-bond acceptors (Lipinski definition) is 4. The van der Waals surface area contributed by atoms with Crippen molar-refractivity contribution in [3.05, 3.63) is 58.1 Å². The van der Waals surface area contributed by atoms with Crippen molar-refractivity contribution in [1.29, 1.82) is 0 Å². The van der Waals surface area contributed by atoms with Crippen LogP contribution >= 0.6 is 23.4 Å². The van der Waals surface area contributed by atoms with E-state index in [1.807, 2.05) is 25.1 Å². The molecule has 1 saturated heterocycles. The first-order valence-corrected chi connectivity index (χ1v) is 10.8. The van der Waals surface area contributed by atoms with Crippen molar-refractivity contribution in [2.45, 2.75) is 24.1 Å². The number of methoxy groups -OCH3 is 1. The van der Waals surface area contributed by atoms with Crippen molar-refractivity contribution in [3.8, 4) is 5.75 Å². The van der Waals surface area contributed by atoms with Crippen LogP contribution in [-0.4, -0.2) is 32.1 Å². The molecular weight excluding hydrogens is 378 g/mol. The maximum absolute atomic E-state index is 13.3. The Bertz CT molecular complexity index is 899. The third-order valence-corrected chi connectivity index (χ3v) is 8.03. The molecule has 1 aliphatic heterocycles. The normalized spacial score (nSPS) is 18.5. The summed E-state index contributed by atoms with van der Waals surface area (Å²) in [4.78, 5) is 0.324. The zero-order valence-electron chi connectivity index (χ0n) is 14.3. The Balaban J connectivity index is 2.05. The van der Waals surface area contributed by atoms with Crippen molar-refractivity contribution >= 4 is 33.4 Å². The maximum atomic E-state index is 13.3. The summed E-state index contributed by atoms with van der Waals surface area (Å²) in [5, 5.41) is 0.283. The van der Waals surface area contributed by atoms with Gasteiger partial charge in [0.05, 0.1) is 17.4 Å². The van der Waals surface area contributed by atoms with Gasteiger partial charge in [-0.05, 0) is 48.7 Å². The highest BCUT2D eigenvalue weighted by Crippen LogP contribution is 2.44. The third-order valence-electron chi connectivity index (χ3n) is 4.30. The zero-order chi connectivity index (χ0) is 18.2. The number of aryl methyl sites for hydroxylation is 2. The second-order valence-corrected chi connectivity index (χ2v) is 9.40. The fourth-order valence-electron chi connectivity index (χ4n) is 3.01. The molecule has 0 aliphatic carbocycles. The van der Waals surface area contributed by atoms with Crippen molar-refractivity contribution < 1.29 is 13.2 Å². The molecule has 0 bridgehead atoms. The van der Waals surface area contributed by atoms with Gasteiger partial charge in [-0.3, -0.25) is 0 Å². The fraction of sp³-hybridized carbons (Fsp3) is 0.333. The Kier molecular flexibility index (Phi) is 5.34. The Hall–Kier alpha value is -1.21. The van der Waals surface area contributed by atoms with Crippen molar-refractivity contribution in [2.24, 2.45) is 0 Å². The van der Waals surface area contributed by atoms with E-state index < -0.39 is 10.0 Å². The highest BCUT2D eigenvalue weighted by Gasteiger charge is 2.38. The summed E-state index contributed by atoms with van der Waals surface area (Å²) in [6.45, 7) is 4.11. The van der Waals surface area contributed by atoms with E-state index in [4.69, 9.17) is 16.3 Å². The van der Waals surface area contributed by atoms with Crippen LogP contribution in [0.25, 0.3) is 0 Å². The number of thioether (sulfide) groups is 1. The number of hydrogen-bond donors (Lipinski definition) is 0. The van der Waals surface area contributed by atoms with Gasteiger partial charge in [0.25, 0.3) is 0 Å². The lowest BCUT2D eigenvalue weighted by atomic mass is 10.1. The molecule has 0 radical (unpaired) electrons. The van der Waals surface area contributed by atoms with Gasteiger partial charge in [0.1, 0.15) is 5.75 Å². The van der Waals surface area contributed by atoms with E-state index in [9.17, 15) is 8.42 Å². The molecule has 7 heteroatoms. The van der Waals surface area contributed by atoms with Gasteiger partial charge in [0, 0.05) is 17.3 Å². The Morgan fingerprint density at radius 1 is 1.20 bits per heavy atom. The molecule has 134 valence electrons. The molecule has 1 atom stereocenters. The number of halogens is 1. The fourth-order valence-corrected chi connectivity index (χ4v) is 6.87. The molecule has 0 spiro atoms. The molecule has 3 rings (SSSR count). The van der Waals surface area contributed by atoms with Crippen LogP contribution in [0.1, 0.15) is 22.1 Å². The molecule has 0 aromatic heterocycles. The molecule has 0 saturated carbocycles. The van der Waals surface area contributed by atoms with E-state index in [2.05, 4.69) is 0 Å². The van der Waals surface area contributed by atoms with Crippen LogP contribution in [-0.2, 0) is 10.0 Å². The predicted octanol–water partition coefficient (Wildman–Crippen LogP) is 4.40. The van der Waals surface area contributed by atoms with Gasteiger partial charge in [-0.2, -0.15) is 4.31 Å². The lowest BCUT2D eigenvalue weighted by molar-refractivity contribution is 0.410. The molecule has 1 unspecified atom stereocenters. The standard InChI is InChI=1S/C18H20ClNO3S2/c1-12-11-17(13(2)10-16(12)23-3)25(21,22)20-8-9-24-18(20)14-6-4-5-7-15(14)19/h4-7,10-11,18H,8-9H2,1-3H3. The SMILES string of the molecule is COc1cc(C)c(S(=O)(=O)N2CCSC2c2ccccc2Cl)cc1C. The highest BCUT2D eigenvalue weighted by atomic mass is 35.5. The summed E-state index contributed by atoms with van der Waals surface area (Å²) >= 11 is 7.91. The molecule has 2 aromatic rings. The van der Waals surface area contributed by atoms with Crippen molar-refractivity contribution in [2.75, 3.05) is 19.4 Å². The number of rotatable bonds is 4. The molecule has 25 heavy (non-hydrogen) atoms. The summed E-state index contributed by atoms with van der Waals surface area (Å²) < 4.78 is 33.5. The quantitative estimate of drug-likeness (QED) is 0.767. The summed E-state index contributed by atoms with van der Waals surface area (Å²) in [6, 6.07) is 10.9. The van der Waals surface area contributed by atoms with Gasteiger partial charge in [0.2, 0.25) is 10.0 Å². The molecule has 0 N–H and O–H groups in total. The largest absolute Gasteiger partial charge is 0.496 e. The van der Waals surface area contributed by atoms with Gasteiger partial charge >= 0.3 is 0 Å². The first-order chi connectivity index (χ1) is 11.9. The number of ether oxygens (including phenoxy) is 1. The zero-order valence-corrected chi connectivity index (χ0v) is 16.7. The lowest BCUT2D eigenvalue weighted by Crippen LogP contribution is -2.31. The molecule has 1 aliphatic rings. The average molecular weight is 398 g/mol. The third kappa shape index (κ3) is 3.40. The lowest BCUT2D eigenvalue weighted by Gasteiger charge is -2.25. The molecular formula is C18H20ClNO3S2. The van der Waals surface area contributed by atoms with Crippen LogP contribution in [0.4, 0.5) is 0 Å². The molecule has 2 aromatic carbocycles. The van der Waals surface area contributed by atoms with E-state index >= 15 is 0 Å². The molecule has 1 heterocycles. The van der Waals surface area contributed by atoms with Crippen molar-refractivity contribution in [3.63, 3.8) is 0 Å². The van der Waals surface area contributed by atoms with Crippen LogP contribution in [0.3, 0.4) is 0 Å². The van der Waals surface area contributed by atoms with Crippen LogP contribution in [0.5, 0.6) is 5.75 Å². The minimum Gasteiger partial charge on any atom is -0.496 e. The first-order valence-electron chi connectivity index (χ1n) is 7.89. The van der Waals surface area contributed by atoms with Crippen LogP contribution < -0.4 is 4.74 Å². The maximum Gasteiger partial charge on any atom is 0.244 e. The topological polar surface area (TPSA) is 46.6 Å². The summed E-state index contributed by atoms with van der Waals surface area (Å²) in [5.74, 6) is 1.43. The minimum atomic E-state index is -3.63. The summed E-state index contributed by atoms with van der Waals surface area (Å²) in [7, 11) is -2.05.